The van der Waals surface area contributed by atoms with Crippen LogP contribution in [0.3, 0.4) is 0 Å². The van der Waals surface area contributed by atoms with Gasteiger partial charge in [-0.1, -0.05) is 13.8 Å². The molecule has 1 aliphatic heterocycles. The average Bonchev–Trinajstić information content (AvgIpc) is 2.88. The number of hydrogen-bond donors (Lipinski definition) is 2. The van der Waals surface area contributed by atoms with E-state index < -0.39 is 10.0 Å². The second kappa shape index (κ2) is 7.81. The van der Waals surface area contributed by atoms with E-state index in [0.29, 0.717) is 18.4 Å². The Labute approximate surface area is 167 Å². The van der Waals surface area contributed by atoms with Crippen LogP contribution >= 0.6 is 0 Å². The Hall–Kier alpha value is -1.96. The number of benzene rings is 1. The number of nitrogens with two attached hydrogens (primary N) is 1. The number of nitrogens with one attached hydrogen (secondary N) is 1. The van der Waals surface area contributed by atoms with Gasteiger partial charge in [-0.05, 0) is 50.6 Å². The number of piperidine rings is 1. The molecule has 1 saturated heterocycles. The summed E-state index contributed by atoms with van der Waals surface area (Å²) in [5.41, 5.74) is 3.38. The fourth-order valence-corrected chi connectivity index (χ4v) is 5.13. The largest absolute Gasteiger partial charge is 0.328 e. The molecule has 2 heterocycles. The quantitative estimate of drug-likeness (QED) is 0.740. The molecule has 3 N–H and O–H groups in total. The highest BCUT2D eigenvalue weighted by Crippen LogP contribution is 2.22. The summed E-state index contributed by atoms with van der Waals surface area (Å²) in [6, 6.07) is 8.35. The van der Waals surface area contributed by atoms with Gasteiger partial charge in [-0.15, -0.1) is 0 Å². The zero-order valence-electron chi connectivity index (χ0n) is 17.0. The van der Waals surface area contributed by atoms with Gasteiger partial charge in [0.25, 0.3) is 0 Å². The van der Waals surface area contributed by atoms with E-state index in [1.807, 2.05) is 24.5 Å². The van der Waals surface area contributed by atoms with Crippen LogP contribution in [-0.2, 0) is 10.0 Å². The lowest BCUT2D eigenvalue weighted by molar-refractivity contribution is -0.903. The summed E-state index contributed by atoms with van der Waals surface area (Å²) >= 11 is 0. The molecule has 0 spiro atoms. The maximum atomic E-state index is 13.0. The Morgan fingerprint density at radius 3 is 2.25 bits per heavy atom. The summed E-state index contributed by atoms with van der Waals surface area (Å²) in [5.74, 6) is 1.46. The number of ketones is 1. The molecule has 1 aromatic carbocycles. The molecule has 28 heavy (non-hydrogen) atoms. The van der Waals surface area contributed by atoms with Crippen molar-refractivity contribution >= 4 is 15.8 Å². The number of aromatic nitrogens is 1. The van der Waals surface area contributed by atoms with Gasteiger partial charge in [0.2, 0.25) is 15.8 Å². The topological polar surface area (TPSA) is 86.6 Å². The van der Waals surface area contributed by atoms with E-state index in [1.165, 1.54) is 23.5 Å². The molecule has 152 valence electrons. The summed E-state index contributed by atoms with van der Waals surface area (Å²) in [4.78, 5) is 14.4. The lowest BCUT2D eigenvalue weighted by Gasteiger charge is -2.31. The third kappa shape index (κ3) is 4.37. The Balaban J connectivity index is 1.84. The monoisotopic (exact) mass is 404 g/mol. The van der Waals surface area contributed by atoms with Crippen LogP contribution in [0.1, 0.15) is 42.0 Å². The molecular weight excluding hydrogens is 374 g/mol. The number of Topliss-reactive ketones (excluding diaryl/α,β-unsaturated/α-hetero) is 1. The van der Waals surface area contributed by atoms with Gasteiger partial charge in [0, 0.05) is 34.5 Å². The van der Waals surface area contributed by atoms with Gasteiger partial charge in [0.1, 0.15) is 6.54 Å². The molecule has 0 radical (unpaired) electrons. The van der Waals surface area contributed by atoms with E-state index in [4.69, 9.17) is 5.14 Å². The first-order valence-corrected chi connectivity index (χ1v) is 11.3. The fraction of sp³-hybridized carbons (Fsp3) is 0.476. The molecule has 0 amide bonds. The molecule has 2 aromatic rings. The molecule has 0 saturated carbocycles. The Morgan fingerprint density at radius 1 is 1.14 bits per heavy atom. The van der Waals surface area contributed by atoms with Crippen molar-refractivity contribution in [1.82, 2.24) is 4.57 Å². The number of carbonyl (C=O) groups excluding carboxylic acids is 1. The third-order valence-electron chi connectivity index (χ3n) is 5.64. The van der Waals surface area contributed by atoms with Crippen molar-refractivity contribution < 1.29 is 18.1 Å². The number of quaternary nitrogens is 1. The van der Waals surface area contributed by atoms with Crippen molar-refractivity contribution in [3.63, 3.8) is 0 Å². The van der Waals surface area contributed by atoms with E-state index in [-0.39, 0.29) is 10.7 Å². The van der Waals surface area contributed by atoms with E-state index in [0.717, 1.165) is 35.7 Å². The lowest BCUT2D eigenvalue weighted by atomic mass is 9.91. The van der Waals surface area contributed by atoms with Crippen molar-refractivity contribution in [1.29, 1.82) is 0 Å². The molecule has 0 bridgehead atoms. The van der Waals surface area contributed by atoms with E-state index in [9.17, 15) is 13.2 Å². The van der Waals surface area contributed by atoms with Crippen LogP contribution < -0.4 is 10.0 Å². The molecule has 7 heteroatoms. The molecule has 1 aliphatic rings. The first-order chi connectivity index (χ1) is 13.1. The van der Waals surface area contributed by atoms with Crippen molar-refractivity contribution in [3.8, 4) is 5.69 Å². The van der Waals surface area contributed by atoms with Crippen LogP contribution in [0.5, 0.6) is 0 Å². The Kier molecular flexibility index (Phi) is 5.79. The Bertz CT molecular complexity index is 967. The molecule has 1 aromatic heterocycles. The van der Waals surface area contributed by atoms with Crippen LogP contribution in [0.15, 0.2) is 35.2 Å². The van der Waals surface area contributed by atoms with Gasteiger partial charge in [0.15, 0.2) is 0 Å². The minimum absolute atomic E-state index is 0.0759. The standard InChI is InChI=1S/C21H29N3O3S/c1-14-9-15(2)12-23(11-14)13-21(25)20-10-16(3)24(17(20)4)18-5-7-19(8-6-18)28(22,26)27/h5-8,10,14-15H,9,11-13H2,1-4H3,(H2,22,26,27)/p+1/t14-,15+. The molecule has 1 unspecified atom stereocenters. The van der Waals surface area contributed by atoms with E-state index in [1.54, 1.807) is 12.1 Å². The molecule has 0 aliphatic carbocycles. The first kappa shape index (κ1) is 20.8. The molecule has 3 atom stereocenters. The summed E-state index contributed by atoms with van der Waals surface area (Å²) in [7, 11) is -3.72. The molecule has 6 nitrogen and oxygen atoms in total. The van der Waals surface area contributed by atoms with Crippen molar-refractivity contribution in [2.45, 2.75) is 39.0 Å². The molecular formula is C21H30N3O3S+. The highest BCUT2D eigenvalue weighted by molar-refractivity contribution is 7.89. The maximum Gasteiger partial charge on any atom is 0.238 e. The van der Waals surface area contributed by atoms with Crippen LogP contribution in [0.2, 0.25) is 0 Å². The number of carbonyl (C=O) groups is 1. The van der Waals surface area contributed by atoms with E-state index in [2.05, 4.69) is 13.8 Å². The van der Waals surface area contributed by atoms with Gasteiger partial charge in [-0.3, -0.25) is 4.79 Å². The summed E-state index contributed by atoms with van der Waals surface area (Å²) < 4.78 is 24.9. The van der Waals surface area contributed by atoms with E-state index >= 15 is 0 Å². The number of likely N-dealkylation sites (tertiary alicyclic amines) is 1. The van der Waals surface area contributed by atoms with Crippen LogP contribution in [0.25, 0.3) is 5.69 Å². The summed E-state index contributed by atoms with van der Waals surface area (Å²) in [5, 5.41) is 5.18. The highest BCUT2D eigenvalue weighted by atomic mass is 32.2. The minimum Gasteiger partial charge on any atom is -0.328 e. The van der Waals surface area contributed by atoms with Crippen molar-refractivity contribution in [3.05, 3.63) is 47.3 Å². The SMILES string of the molecule is Cc1cc(C(=O)C[NH+]2C[C@H](C)C[C@H](C)C2)c(C)n1-c1ccc(S(N)(=O)=O)cc1. The molecule has 3 rings (SSSR count). The van der Waals surface area contributed by atoms with Crippen LogP contribution in [-0.4, -0.2) is 38.4 Å². The summed E-state index contributed by atoms with van der Waals surface area (Å²) in [6.07, 6.45) is 1.24. The van der Waals surface area contributed by atoms with Crippen molar-refractivity contribution in [2.75, 3.05) is 19.6 Å². The number of rotatable bonds is 5. The van der Waals surface area contributed by atoms with Gasteiger partial charge >= 0.3 is 0 Å². The normalized spacial score (nSPS) is 23.0. The number of aryl methyl sites for hydroxylation is 1. The smallest absolute Gasteiger partial charge is 0.238 e. The first-order valence-electron chi connectivity index (χ1n) is 9.75. The van der Waals surface area contributed by atoms with Gasteiger partial charge < -0.3 is 9.47 Å². The Morgan fingerprint density at radius 2 is 1.71 bits per heavy atom. The highest BCUT2D eigenvalue weighted by Gasteiger charge is 2.28. The number of hydrogen-bond acceptors (Lipinski definition) is 3. The van der Waals surface area contributed by atoms with Crippen molar-refractivity contribution in [2.24, 2.45) is 17.0 Å². The predicted octanol–water partition coefficient (Wildman–Crippen LogP) is 1.49. The maximum absolute atomic E-state index is 13.0. The van der Waals surface area contributed by atoms with Crippen LogP contribution in [0, 0.1) is 25.7 Å². The van der Waals surface area contributed by atoms with Crippen LogP contribution in [0.4, 0.5) is 0 Å². The van der Waals surface area contributed by atoms with Gasteiger partial charge in [-0.25, -0.2) is 13.6 Å². The molecule has 1 fully saturated rings. The fourth-order valence-electron chi connectivity index (χ4n) is 4.62. The lowest BCUT2D eigenvalue weighted by Crippen LogP contribution is -3.15. The van der Waals surface area contributed by atoms with Gasteiger partial charge in [0.05, 0.1) is 18.0 Å². The number of primary sulfonamides is 1. The van der Waals surface area contributed by atoms with Gasteiger partial charge in [-0.2, -0.15) is 0 Å². The predicted molar refractivity (Wildman–Crippen MR) is 109 cm³/mol. The zero-order valence-corrected chi connectivity index (χ0v) is 17.8. The minimum atomic E-state index is -3.72. The number of nitrogens with zero attached hydrogens (tertiary/aromatic N) is 1. The number of sulfonamides is 1. The average molecular weight is 405 g/mol. The third-order valence-corrected chi connectivity index (χ3v) is 6.57. The second-order valence-corrected chi connectivity index (χ2v) is 9.92. The second-order valence-electron chi connectivity index (χ2n) is 8.36. The zero-order chi connectivity index (χ0) is 20.6. The summed E-state index contributed by atoms with van der Waals surface area (Å²) in [6.45, 7) is 11.0.